The normalized spacial score (nSPS) is 13.9. The molecule has 0 saturated carbocycles. The number of nitrogens with zero attached hydrogens (tertiary/aromatic N) is 2. The molecule has 1 saturated heterocycles. The van der Waals surface area contributed by atoms with Crippen molar-refractivity contribution >= 4 is 40.4 Å². The summed E-state index contributed by atoms with van der Waals surface area (Å²) in [5.41, 5.74) is 3.75. The summed E-state index contributed by atoms with van der Waals surface area (Å²) in [5.74, 6) is -0.193. The summed E-state index contributed by atoms with van der Waals surface area (Å²) < 4.78 is 13.4. The maximum atomic E-state index is 13.4. The molecule has 4 aromatic rings. The number of likely N-dealkylation sites (tertiary alicyclic amines) is 1. The molecule has 8 heteroatoms. The van der Waals surface area contributed by atoms with E-state index in [4.69, 9.17) is 11.6 Å². The van der Waals surface area contributed by atoms with Gasteiger partial charge in [-0.2, -0.15) is 0 Å². The molecule has 0 radical (unpaired) electrons. The molecular weight excluding hydrogens is 521 g/mol. The Balaban J connectivity index is 1.16. The Labute approximate surface area is 230 Å². The first kappa shape index (κ1) is 26.1. The molecule has 0 bridgehead atoms. The molecule has 1 aliphatic rings. The van der Waals surface area contributed by atoms with Crippen LogP contribution in [0.25, 0.3) is 11.1 Å². The highest BCUT2D eigenvalue weighted by atomic mass is 35.5. The summed E-state index contributed by atoms with van der Waals surface area (Å²) in [4.78, 5) is 32.3. The van der Waals surface area contributed by atoms with Crippen molar-refractivity contribution in [3.05, 3.63) is 105 Å². The SMILES string of the molecule is O=C(Nc1ccccc1-c1ccc(F)cc1)c1csc(C2CCN(C(=O)CCc3ccc(Cl)cc3)CC2)n1. The van der Waals surface area contributed by atoms with E-state index >= 15 is 0 Å². The lowest BCUT2D eigenvalue weighted by atomic mass is 9.97. The number of hydrogen-bond acceptors (Lipinski definition) is 4. The van der Waals surface area contributed by atoms with Crippen LogP contribution < -0.4 is 5.32 Å². The van der Waals surface area contributed by atoms with Gasteiger partial charge in [0.25, 0.3) is 5.91 Å². The fourth-order valence-electron chi connectivity index (χ4n) is 4.68. The van der Waals surface area contributed by atoms with Gasteiger partial charge in [0.15, 0.2) is 0 Å². The van der Waals surface area contributed by atoms with Gasteiger partial charge in [-0.1, -0.05) is 54.1 Å². The molecule has 0 spiro atoms. The van der Waals surface area contributed by atoms with E-state index in [-0.39, 0.29) is 23.5 Å². The van der Waals surface area contributed by atoms with E-state index < -0.39 is 0 Å². The van der Waals surface area contributed by atoms with Crippen LogP contribution in [0.5, 0.6) is 0 Å². The van der Waals surface area contributed by atoms with Gasteiger partial charge in [0.2, 0.25) is 5.91 Å². The van der Waals surface area contributed by atoms with E-state index in [2.05, 4.69) is 10.3 Å². The van der Waals surface area contributed by atoms with E-state index in [0.29, 0.717) is 42.3 Å². The van der Waals surface area contributed by atoms with E-state index in [0.717, 1.165) is 34.5 Å². The molecule has 1 aromatic heterocycles. The largest absolute Gasteiger partial charge is 0.343 e. The molecule has 1 aliphatic heterocycles. The zero-order valence-electron chi connectivity index (χ0n) is 20.7. The van der Waals surface area contributed by atoms with E-state index in [9.17, 15) is 14.0 Å². The Bertz CT molecular complexity index is 1410. The summed E-state index contributed by atoms with van der Waals surface area (Å²) in [7, 11) is 0. The van der Waals surface area contributed by atoms with Crippen LogP contribution in [-0.2, 0) is 11.2 Å². The minimum atomic E-state index is -0.307. The van der Waals surface area contributed by atoms with Crippen LogP contribution in [0.15, 0.2) is 78.2 Å². The first-order valence-corrected chi connectivity index (χ1v) is 13.9. The number of benzene rings is 3. The summed E-state index contributed by atoms with van der Waals surface area (Å²) in [6.45, 7) is 1.38. The Hall–Kier alpha value is -3.55. The van der Waals surface area contributed by atoms with Gasteiger partial charge in [0.05, 0.1) is 5.01 Å². The van der Waals surface area contributed by atoms with Crippen molar-refractivity contribution in [2.45, 2.75) is 31.6 Å². The number of aromatic nitrogens is 1. The minimum Gasteiger partial charge on any atom is -0.343 e. The van der Waals surface area contributed by atoms with Gasteiger partial charge in [0, 0.05) is 47.1 Å². The van der Waals surface area contributed by atoms with Gasteiger partial charge >= 0.3 is 0 Å². The van der Waals surface area contributed by atoms with Crippen molar-refractivity contribution in [3.63, 3.8) is 0 Å². The van der Waals surface area contributed by atoms with Gasteiger partial charge in [-0.05, 0) is 60.7 Å². The number of aryl methyl sites for hydroxylation is 1. The zero-order chi connectivity index (χ0) is 26.5. The molecule has 5 nitrogen and oxygen atoms in total. The van der Waals surface area contributed by atoms with Crippen molar-refractivity contribution in [3.8, 4) is 11.1 Å². The van der Waals surface area contributed by atoms with E-state index in [1.807, 2.05) is 53.4 Å². The van der Waals surface area contributed by atoms with Crippen LogP contribution in [-0.4, -0.2) is 34.8 Å². The smallest absolute Gasteiger partial charge is 0.275 e. The standard InChI is InChI=1S/C30H27ClFN3O2S/c31-23-10-5-20(6-11-23)7-14-28(36)35-17-15-22(16-18-35)30-34-27(19-38-30)29(37)33-26-4-2-1-3-25(26)21-8-12-24(32)13-9-21/h1-6,8-13,19,22H,7,14-18H2,(H,33,37). The average Bonchev–Trinajstić information content (AvgIpc) is 3.44. The zero-order valence-corrected chi connectivity index (χ0v) is 22.3. The molecule has 2 amide bonds. The van der Waals surface area contributed by atoms with Crippen molar-refractivity contribution in [1.82, 2.24) is 9.88 Å². The number of carbonyl (C=O) groups excluding carboxylic acids is 2. The lowest BCUT2D eigenvalue weighted by Gasteiger charge is -2.31. The van der Waals surface area contributed by atoms with Gasteiger partial charge in [-0.3, -0.25) is 9.59 Å². The van der Waals surface area contributed by atoms with Gasteiger partial charge in [-0.25, -0.2) is 9.37 Å². The Morgan fingerprint density at radius 1 is 1.00 bits per heavy atom. The molecule has 194 valence electrons. The van der Waals surface area contributed by atoms with Crippen LogP contribution in [0, 0.1) is 5.82 Å². The topological polar surface area (TPSA) is 62.3 Å². The number of nitrogens with one attached hydrogen (secondary N) is 1. The third-order valence-electron chi connectivity index (χ3n) is 6.82. The number of amides is 2. The Morgan fingerprint density at radius 3 is 2.45 bits per heavy atom. The van der Waals surface area contributed by atoms with Crippen molar-refractivity contribution in [2.24, 2.45) is 0 Å². The third kappa shape index (κ3) is 6.29. The molecule has 3 aromatic carbocycles. The second-order valence-corrected chi connectivity index (χ2v) is 10.7. The fraction of sp³-hybridized carbons (Fsp3) is 0.233. The number of piperidine rings is 1. The monoisotopic (exact) mass is 547 g/mol. The van der Waals surface area contributed by atoms with Crippen molar-refractivity contribution in [1.29, 1.82) is 0 Å². The van der Waals surface area contributed by atoms with Crippen molar-refractivity contribution < 1.29 is 14.0 Å². The molecule has 1 fully saturated rings. The number of halogens is 2. The van der Waals surface area contributed by atoms with Gasteiger partial charge in [0.1, 0.15) is 11.5 Å². The first-order valence-electron chi connectivity index (χ1n) is 12.6. The summed E-state index contributed by atoms with van der Waals surface area (Å²) in [5, 5.41) is 6.37. The van der Waals surface area contributed by atoms with Crippen LogP contribution in [0.3, 0.4) is 0 Å². The summed E-state index contributed by atoms with van der Waals surface area (Å²) in [6, 6.07) is 21.2. The maximum Gasteiger partial charge on any atom is 0.275 e. The molecule has 0 unspecified atom stereocenters. The van der Waals surface area contributed by atoms with Crippen LogP contribution in [0.4, 0.5) is 10.1 Å². The minimum absolute atomic E-state index is 0.164. The van der Waals surface area contributed by atoms with Crippen molar-refractivity contribution in [2.75, 3.05) is 18.4 Å². The molecule has 0 aliphatic carbocycles. The number of carbonyl (C=O) groups is 2. The number of anilines is 1. The number of para-hydroxylation sites is 1. The van der Waals surface area contributed by atoms with E-state index in [1.165, 1.54) is 23.5 Å². The number of thiazole rings is 1. The summed E-state index contributed by atoms with van der Waals surface area (Å²) >= 11 is 7.42. The molecule has 38 heavy (non-hydrogen) atoms. The average molecular weight is 548 g/mol. The highest BCUT2D eigenvalue weighted by Crippen LogP contribution is 2.32. The Morgan fingerprint density at radius 2 is 1.71 bits per heavy atom. The maximum absolute atomic E-state index is 13.4. The number of hydrogen-bond donors (Lipinski definition) is 1. The molecule has 5 rings (SSSR count). The predicted octanol–water partition coefficient (Wildman–Crippen LogP) is 7.19. The first-order chi connectivity index (χ1) is 18.5. The molecular formula is C30H27ClFN3O2S. The summed E-state index contributed by atoms with van der Waals surface area (Å²) in [6.07, 6.45) is 2.84. The Kier molecular flexibility index (Phi) is 8.15. The quantitative estimate of drug-likeness (QED) is 0.266. The molecule has 0 atom stereocenters. The van der Waals surface area contributed by atoms with Crippen LogP contribution in [0.2, 0.25) is 5.02 Å². The second kappa shape index (κ2) is 11.9. The highest BCUT2D eigenvalue weighted by Gasteiger charge is 2.26. The van der Waals surface area contributed by atoms with Gasteiger partial charge in [-0.15, -0.1) is 11.3 Å². The van der Waals surface area contributed by atoms with Gasteiger partial charge < -0.3 is 10.2 Å². The fourth-order valence-corrected chi connectivity index (χ4v) is 5.77. The lowest BCUT2D eigenvalue weighted by molar-refractivity contribution is -0.132. The lowest BCUT2D eigenvalue weighted by Crippen LogP contribution is -2.38. The second-order valence-electron chi connectivity index (χ2n) is 9.36. The third-order valence-corrected chi connectivity index (χ3v) is 8.08. The molecule has 2 heterocycles. The highest BCUT2D eigenvalue weighted by molar-refractivity contribution is 7.10. The van der Waals surface area contributed by atoms with Crippen LogP contribution in [0.1, 0.15) is 46.2 Å². The van der Waals surface area contributed by atoms with E-state index in [1.54, 1.807) is 17.5 Å². The predicted molar refractivity (Wildman–Crippen MR) is 150 cm³/mol. The van der Waals surface area contributed by atoms with Crippen LogP contribution >= 0.6 is 22.9 Å². The number of rotatable bonds is 7. The molecule has 1 N–H and O–H groups in total.